The fourth-order valence-corrected chi connectivity index (χ4v) is 3.91. The van der Waals surface area contributed by atoms with E-state index in [4.69, 9.17) is 0 Å². The first kappa shape index (κ1) is 15.3. The third kappa shape index (κ3) is 2.58. The van der Waals surface area contributed by atoms with Crippen LogP contribution in [0.2, 0.25) is 0 Å². The van der Waals surface area contributed by atoms with Crippen LogP contribution in [0.4, 0.5) is 11.4 Å². The molecular weight excluding hydrogens is 296 g/mol. The lowest BCUT2D eigenvalue weighted by molar-refractivity contribution is 0.0975. The first-order chi connectivity index (χ1) is 11.6. The second kappa shape index (κ2) is 5.97. The Balaban J connectivity index is 1.76. The van der Waals surface area contributed by atoms with Gasteiger partial charge >= 0.3 is 0 Å². The van der Waals surface area contributed by atoms with E-state index in [2.05, 4.69) is 31.3 Å². The van der Waals surface area contributed by atoms with Gasteiger partial charge in [-0.25, -0.2) is 0 Å². The number of nitrogens with one attached hydrogen (secondary N) is 1. The van der Waals surface area contributed by atoms with Crippen LogP contribution in [-0.4, -0.2) is 18.0 Å². The minimum absolute atomic E-state index is 0.112. The number of anilines is 2. The van der Waals surface area contributed by atoms with Crippen LogP contribution in [0, 0.1) is 0 Å². The molecule has 0 aliphatic carbocycles. The van der Waals surface area contributed by atoms with Gasteiger partial charge in [0, 0.05) is 29.0 Å². The third-order valence-corrected chi connectivity index (χ3v) is 5.32. The lowest BCUT2D eigenvalue weighted by Gasteiger charge is -2.37. The maximum absolute atomic E-state index is 13.1. The maximum Gasteiger partial charge on any atom is 0.258 e. The Morgan fingerprint density at radius 1 is 1.04 bits per heavy atom. The van der Waals surface area contributed by atoms with E-state index in [1.165, 1.54) is 16.8 Å². The van der Waals surface area contributed by atoms with Gasteiger partial charge in [-0.15, -0.1) is 0 Å². The molecule has 0 fully saturated rings. The summed E-state index contributed by atoms with van der Waals surface area (Å²) < 4.78 is 0. The van der Waals surface area contributed by atoms with Gasteiger partial charge in [0.15, 0.2) is 0 Å². The van der Waals surface area contributed by atoms with Crippen molar-refractivity contribution in [2.75, 3.05) is 10.2 Å². The molecule has 3 heteroatoms. The zero-order valence-corrected chi connectivity index (χ0v) is 14.4. The van der Waals surface area contributed by atoms with Crippen molar-refractivity contribution >= 4 is 17.3 Å². The van der Waals surface area contributed by atoms with E-state index in [9.17, 15) is 4.79 Å². The normalized spacial score (nSPS) is 22.3. The van der Waals surface area contributed by atoms with Crippen molar-refractivity contribution < 1.29 is 4.79 Å². The predicted molar refractivity (Wildman–Crippen MR) is 98.9 cm³/mol. The van der Waals surface area contributed by atoms with Crippen molar-refractivity contribution in [2.45, 2.75) is 51.6 Å². The second-order valence-corrected chi connectivity index (χ2v) is 7.15. The summed E-state index contributed by atoms with van der Waals surface area (Å²) in [4.78, 5) is 15.1. The fourth-order valence-electron chi connectivity index (χ4n) is 3.91. The SMILES string of the molecule is C[C@@H]1CCc2cc3c(cc2N1)CC[C@@H](C)N3C(=O)c1ccccc1. The van der Waals surface area contributed by atoms with Gasteiger partial charge in [-0.05, 0) is 74.9 Å². The molecule has 2 aromatic rings. The van der Waals surface area contributed by atoms with E-state index < -0.39 is 0 Å². The molecule has 24 heavy (non-hydrogen) atoms. The minimum atomic E-state index is 0.112. The monoisotopic (exact) mass is 320 g/mol. The predicted octanol–water partition coefficient (Wildman–Crippen LogP) is 4.41. The summed E-state index contributed by atoms with van der Waals surface area (Å²) in [5.41, 5.74) is 5.76. The van der Waals surface area contributed by atoms with Gasteiger partial charge in [-0.1, -0.05) is 18.2 Å². The molecule has 2 aliphatic heterocycles. The van der Waals surface area contributed by atoms with E-state index in [0.717, 1.165) is 36.9 Å². The van der Waals surface area contributed by atoms with Crippen LogP contribution in [0.5, 0.6) is 0 Å². The quantitative estimate of drug-likeness (QED) is 0.844. The molecule has 4 rings (SSSR count). The van der Waals surface area contributed by atoms with Gasteiger partial charge < -0.3 is 10.2 Å². The number of carbonyl (C=O) groups is 1. The first-order valence-electron chi connectivity index (χ1n) is 8.94. The minimum Gasteiger partial charge on any atom is -0.382 e. The molecule has 0 spiro atoms. The van der Waals surface area contributed by atoms with Gasteiger partial charge in [0.25, 0.3) is 5.91 Å². The molecule has 0 aromatic heterocycles. The van der Waals surface area contributed by atoms with E-state index >= 15 is 0 Å². The van der Waals surface area contributed by atoms with E-state index in [1.54, 1.807) is 0 Å². The Labute approximate surface area is 143 Å². The number of hydrogen-bond acceptors (Lipinski definition) is 2. The smallest absolute Gasteiger partial charge is 0.258 e. The van der Waals surface area contributed by atoms with Crippen LogP contribution in [-0.2, 0) is 12.8 Å². The number of amides is 1. The molecule has 2 atom stereocenters. The van der Waals surface area contributed by atoms with Crippen molar-refractivity contribution in [2.24, 2.45) is 0 Å². The van der Waals surface area contributed by atoms with E-state index in [0.29, 0.717) is 6.04 Å². The number of hydrogen-bond donors (Lipinski definition) is 1. The number of fused-ring (bicyclic) bond motifs is 2. The molecule has 0 unspecified atom stereocenters. The van der Waals surface area contributed by atoms with Gasteiger partial charge in [0.2, 0.25) is 0 Å². The molecule has 3 nitrogen and oxygen atoms in total. The zero-order chi connectivity index (χ0) is 16.7. The number of benzene rings is 2. The molecule has 2 aromatic carbocycles. The van der Waals surface area contributed by atoms with Crippen LogP contribution in [0.15, 0.2) is 42.5 Å². The molecule has 1 N–H and O–H groups in total. The van der Waals surface area contributed by atoms with Crippen molar-refractivity contribution in [3.63, 3.8) is 0 Å². The molecule has 0 saturated carbocycles. The van der Waals surface area contributed by atoms with Gasteiger partial charge in [-0.3, -0.25) is 4.79 Å². The summed E-state index contributed by atoms with van der Waals surface area (Å²) >= 11 is 0. The van der Waals surface area contributed by atoms with Crippen molar-refractivity contribution in [3.05, 3.63) is 59.2 Å². The number of aryl methyl sites for hydroxylation is 2. The third-order valence-electron chi connectivity index (χ3n) is 5.32. The Morgan fingerprint density at radius 2 is 1.79 bits per heavy atom. The number of rotatable bonds is 1. The van der Waals surface area contributed by atoms with E-state index in [-0.39, 0.29) is 11.9 Å². The van der Waals surface area contributed by atoms with Crippen LogP contribution in [0.25, 0.3) is 0 Å². The molecule has 0 radical (unpaired) electrons. The highest BCUT2D eigenvalue weighted by atomic mass is 16.2. The van der Waals surface area contributed by atoms with Crippen LogP contribution in [0.3, 0.4) is 0 Å². The van der Waals surface area contributed by atoms with Gasteiger partial charge in [0.05, 0.1) is 0 Å². The average molecular weight is 320 g/mol. The number of nitrogens with zero attached hydrogens (tertiary/aromatic N) is 1. The molecule has 2 heterocycles. The molecule has 124 valence electrons. The maximum atomic E-state index is 13.1. The highest BCUT2D eigenvalue weighted by molar-refractivity contribution is 6.07. The summed E-state index contributed by atoms with van der Waals surface area (Å²) in [7, 11) is 0. The lowest BCUT2D eigenvalue weighted by atomic mass is 9.90. The summed E-state index contributed by atoms with van der Waals surface area (Å²) in [6, 6.07) is 14.9. The van der Waals surface area contributed by atoms with Crippen molar-refractivity contribution in [1.29, 1.82) is 0 Å². The van der Waals surface area contributed by atoms with Crippen LogP contribution >= 0.6 is 0 Å². The van der Waals surface area contributed by atoms with Gasteiger partial charge in [0.1, 0.15) is 0 Å². The van der Waals surface area contributed by atoms with Crippen LogP contribution < -0.4 is 10.2 Å². The summed E-state index contributed by atoms with van der Waals surface area (Å²) in [5, 5.41) is 3.59. The molecule has 0 bridgehead atoms. The summed E-state index contributed by atoms with van der Waals surface area (Å²) in [6.07, 6.45) is 4.28. The fraction of sp³-hybridized carbons (Fsp3) is 0.381. The summed E-state index contributed by atoms with van der Waals surface area (Å²) in [6.45, 7) is 4.39. The Hall–Kier alpha value is -2.29. The van der Waals surface area contributed by atoms with E-state index in [1.807, 2.05) is 35.2 Å². The van der Waals surface area contributed by atoms with Crippen molar-refractivity contribution in [3.8, 4) is 0 Å². The molecule has 1 amide bonds. The standard InChI is InChI=1S/C21H24N2O/c1-14-8-10-17-13-20-18(12-19(17)22-14)11-9-15(2)23(20)21(24)16-6-4-3-5-7-16/h3-7,12-15,22H,8-11H2,1-2H3/t14-,15-/m1/s1. The zero-order valence-electron chi connectivity index (χ0n) is 14.4. The Morgan fingerprint density at radius 3 is 2.58 bits per heavy atom. The Bertz CT molecular complexity index is 769. The molecule has 0 saturated heterocycles. The average Bonchev–Trinajstić information content (AvgIpc) is 2.60. The Kier molecular flexibility index (Phi) is 3.79. The van der Waals surface area contributed by atoms with Gasteiger partial charge in [-0.2, -0.15) is 0 Å². The summed E-state index contributed by atoms with van der Waals surface area (Å²) in [5.74, 6) is 0.112. The lowest BCUT2D eigenvalue weighted by Crippen LogP contribution is -2.42. The largest absolute Gasteiger partial charge is 0.382 e. The van der Waals surface area contributed by atoms with Crippen molar-refractivity contribution in [1.82, 2.24) is 0 Å². The molecular formula is C21H24N2O. The topological polar surface area (TPSA) is 32.3 Å². The highest BCUT2D eigenvalue weighted by Gasteiger charge is 2.30. The molecule has 2 aliphatic rings. The highest BCUT2D eigenvalue weighted by Crippen LogP contribution is 2.38. The number of carbonyl (C=O) groups excluding carboxylic acids is 1. The second-order valence-electron chi connectivity index (χ2n) is 7.15. The van der Waals surface area contributed by atoms with Crippen LogP contribution in [0.1, 0.15) is 48.2 Å². The first-order valence-corrected chi connectivity index (χ1v) is 8.94.